The van der Waals surface area contributed by atoms with Crippen LogP contribution < -0.4 is 15.0 Å². The van der Waals surface area contributed by atoms with Gasteiger partial charge in [-0.15, -0.1) is 0 Å². The Morgan fingerprint density at radius 3 is 3.00 bits per heavy atom. The quantitative estimate of drug-likeness (QED) is 0.817. The second kappa shape index (κ2) is 7.17. The van der Waals surface area contributed by atoms with Crippen molar-refractivity contribution in [3.8, 4) is 5.75 Å². The highest BCUT2D eigenvalue weighted by Gasteiger charge is 2.27. The fraction of sp³-hybridized carbons (Fsp3) is 0.647. The molecule has 1 aliphatic heterocycles. The largest absolute Gasteiger partial charge is 0.485 e. The van der Waals surface area contributed by atoms with Crippen LogP contribution in [0.3, 0.4) is 0 Å². The molecule has 2 fully saturated rings. The molecule has 0 aromatic carbocycles. The molecule has 6 heteroatoms. The van der Waals surface area contributed by atoms with Gasteiger partial charge < -0.3 is 15.0 Å². The van der Waals surface area contributed by atoms with E-state index in [9.17, 15) is 4.79 Å². The molecule has 1 atom stereocenters. The lowest BCUT2D eigenvalue weighted by Crippen LogP contribution is -2.37. The maximum atomic E-state index is 11.9. The highest BCUT2D eigenvalue weighted by atomic mass is 16.5. The predicted molar refractivity (Wildman–Crippen MR) is 89.8 cm³/mol. The highest BCUT2D eigenvalue weighted by Crippen LogP contribution is 2.28. The van der Waals surface area contributed by atoms with Crippen LogP contribution in [0.25, 0.3) is 0 Å². The first-order valence-electron chi connectivity index (χ1n) is 8.40. The van der Waals surface area contributed by atoms with Crippen molar-refractivity contribution >= 4 is 11.7 Å². The van der Waals surface area contributed by atoms with Gasteiger partial charge in [0.15, 0.2) is 11.6 Å². The molecule has 1 aromatic heterocycles. The van der Waals surface area contributed by atoms with Crippen LogP contribution in [0, 0.1) is 5.92 Å². The molecule has 3 rings (SSSR count). The molecule has 0 spiro atoms. The van der Waals surface area contributed by atoms with Crippen molar-refractivity contribution in [3.05, 3.63) is 18.3 Å². The van der Waals surface area contributed by atoms with Crippen molar-refractivity contribution in [2.45, 2.75) is 25.4 Å². The second-order valence-electron chi connectivity index (χ2n) is 6.73. The maximum Gasteiger partial charge on any atom is 0.234 e. The molecule has 0 unspecified atom stereocenters. The van der Waals surface area contributed by atoms with Gasteiger partial charge in [0.25, 0.3) is 0 Å². The van der Waals surface area contributed by atoms with Crippen molar-refractivity contribution in [3.63, 3.8) is 0 Å². The van der Waals surface area contributed by atoms with Crippen LogP contribution in [-0.2, 0) is 4.79 Å². The van der Waals surface area contributed by atoms with E-state index in [-0.39, 0.29) is 12.0 Å². The number of aromatic nitrogens is 1. The topological polar surface area (TPSA) is 57.7 Å². The zero-order chi connectivity index (χ0) is 16.2. The number of likely N-dealkylation sites (tertiary alicyclic amines) is 1. The molecule has 1 amide bonds. The predicted octanol–water partition coefficient (Wildman–Crippen LogP) is 1.13. The molecular formula is C17H26N4O2. The Kier molecular flexibility index (Phi) is 5.00. The van der Waals surface area contributed by atoms with Crippen LogP contribution >= 0.6 is 0 Å². The van der Waals surface area contributed by atoms with Crippen molar-refractivity contribution in [2.24, 2.45) is 5.92 Å². The van der Waals surface area contributed by atoms with Gasteiger partial charge in [-0.25, -0.2) is 4.98 Å². The lowest BCUT2D eigenvalue weighted by Gasteiger charge is -2.20. The molecule has 6 nitrogen and oxygen atoms in total. The Morgan fingerprint density at radius 2 is 2.26 bits per heavy atom. The summed E-state index contributed by atoms with van der Waals surface area (Å²) in [5, 5.41) is 3.02. The molecule has 23 heavy (non-hydrogen) atoms. The average Bonchev–Trinajstić information content (AvgIpc) is 3.26. The van der Waals surface area contributed by atoms with Crippen LogP contribution in [0.1, 0.15) is 19.3 Å². The van der Waals surface area contributed by atoms with Gasteiger partial charge in [0.2, 0.25) is 5.91 Å². The maximum absolute atomic E-state index is 11.9. The minimum Gasteiger partial charge on any atom is -0.485 e. The van der Waals surface area contributed by atoms with Crippen LogP contribution in [0.2, 0.25) is 0 Å². The summed E-state index contributed by atoms with van der Waals surface area (Å²) in [7, 11) is 3.92. The summed E-state index contributed by atoms with van der Waals surface area (Å²) in [5.41, 5.74) is 0. The molecule has 1 saturated carbocycles. The van der Waals surface area contributed by atoms with Crippen molar-refractivity contribution in [1.82, 2.24) is 15.2 Å². The fourth-order valence-electron chi connectivity index (χ4n) is 2.87. The third-order valence-corrected chi connectivity index (χ3v) is 4.35. The molecule has 0 bridgehead atoms. The summed E-state index contributed by atoms with van der Waals surface area (Å²) >= 11 is 0. The minimum atomic E-state index is 0.120. The van der Waals surface area contributed by atoms with Crippen LogP contribution in [-0.4, -0.2) is 62.2 Å². The number of hydrogen-bond acceptors (Lipinski definition) is 5. The van der Waals surface area contributed by atoms with E-state index in [4.69, 9.17) is 4.74 Å². The number of hydrogen-bond donors (Lipinski definition) is 1. The summed E-state index contributed by atoms with van der Waals surface area (Å²) in [6, 6.07) is 3.84. The fourth-order valence-corrected chi connectivity index (χ4v) is 2.87. The van der Waals surface area contributed by atoms with Gasteiger partial charge in [-0.1, -0.05) is 0 Å². The van der Waals surface area contributed by atoms with Gasteiger partial charge in [0.1, 0.15) is 6.10 Å². The molecule has 2 aliphatic rings. The van der Waals surface area contributed by atoms with Crippen molar-refractivity contribution in [2.75, 3.05) is 45.2 Å². The van der Waals surface area contributed by atoms with E-state index >= 15 is 0 Å². The number of amides is 1. The first-order chi connectivity index (χ1) is 11.1. The number of nitrogens with one attached hydrogen (secondary N) is 1. The monoisotopic (exact) mass is 318 g/mol. The Hall–Kier alpha value is -1.82. The zero-order valence-corrected chi connectivity index (χ0v) is 14.0. The van der Waals surface area contributed by atoms with Crippen LogP contribution in [0.5, 0.6) is 5.75 Å². The Balaban J connectivity index is 1.47. The minimum absolute atomic E-state index is 0.120. The van der Waals surface area contributed by atoms with E-state index in [0.717, 1.165) is 43.5 Å². The molecule has 2 heterocycles. The van der Waals surface area contributed by atoms with E-state index in [1.54, 1.807) is 6.20 Å². The molecule has 1 saturated heterocycles. The van der Waals surface area contributed by atoms with Crippen LogP contribution in [0.15, 0.2) is 18.3 Å². The number of pyridine rings is 1. The van der Waals surface area contributed by atoms with Gasteiger partial charge in [0, 0.05) is 39.9 Å². The van der Waals surface area contributed by atoms with Crippen molar-refractivity contribution in [1.29, 1.82) is 0 Å². The van der Waals surface area contributed by atoms with E-state index < -0.39 is 0 Å². The number of carbonyl (C=O) groups excluding carboxylic acids is 1. The van der Waals surface area contributed by atoms with Gasteiger partial charge in [-0.05, 0) is 37.3 Å². The van der Waals surface area contributed by atoms with E-state index in [1.165, 1.54) is 12.8 Å². The van der Waals surface area contributed by atoms with Gasteiger partial charge in [-0.2, -0.15) is 0 Å². The lowest BCUT2D eigenvalue weighted by molar-refractivity contribution is -0.122. The van der Waals surface area contributed by atoms with E-state index in [0.29, 0.717) is 6.54 Å². The third-order valence-electron chi connectivity index (χ3n) is 4.35. The average molecular weight is 318 g/mol. The zero-order valence-electron chi connectivity index (χ0n) is 14.0. The Morgan fingerprint density at radius 1 is 1.43 bits per heavy atom. The standard InChI is InChI=1S/C17H26N4O2/c1-20(2)17-15(4-3-8-18-17)23-14-7-9-21(11-14)12-16(22)19-10-13-5-6-13/h3-4,8,13-14H,5-7,9-12H2,1-2H3,(H,19,22)/t14-/m0/s1. The van der Waals surface area contributed by atoms with Gasteiger partial charge in [0.05, 0.1) is 6.54 Å². The van der Waals surface area contributed by atoms with Crippen molar-refractivity contribution < 1.29 is 9.53 Å². The van der Waals surface area contributed by atoms with E-state index in [2.05, 4.69) is 15.2 Å². The second-order valence-corrected chi connectivity index (χ2v) is 6.73. The third kappa shape index (κ3) is 4.58. The summed E-state index contributed by atoms with van der Waals surface area (Å²) in [6.07, 6.45) is 5.36. The summed E-state index contributed by atoms with van der Waals surface area (Å²) in [5.74, 6) is 2.51. The molecular weight excluding hydrogens is 292 g/mol. The van der Waals surface area contributed by atoms with E-state index in [1.807, 2.05) is 31.1 Å². The first-order valence-corrected chi connectivity index (χ1v) is 8.40. The molecule has 1 N–H and O–H groups in total. The lowest BCUT2D eigenvalue weighted by atomic mass is 10.3. The Bertz CT molecular complexity index is 545. The number of ether oxygens (including phenoxy) is 1. The molecule has 126 valence electrons. The number of carbonyl (C=O) groups is 1. The molecule has 0 radical (unpaired) electrons. The van der Waals surface area contributed by atoms with Gasteiger partial charge in [-0.3, -0.25) is 9.69 Å². The summed E-state index contributed by atoms with van der Waals surface area (Å²) in [4.78, 5) is 20.4. The first kappa shape index (κ1) is 16.1. The van der Waals surface area contributed by atoms with Crippen LogP contribution in [0.4, 0.5) is 5.82 Å². The SMILES string of the molecule is CN(C)c1ncccc1O[C@H]1CCN(CC(=O)NCC2CC2)C1. The molecule has 1 aliphatic carbocycles. The summed E-state index contributed by atoms with van der Waals surface area (Å²) in [6.45, 7) is 3.01. The smallest absolute Gasteiger partial charge is 0.234 e. The normalized spacial score (nSPS) is 21.2. The molecule has 1 aromatic rings. The van der Waals surface area contributed by atoms with Gasteiger partial charge >= 0.3 is 0 Å². The number of anilines is 1. The highest BCUT2D eigenvalue weighted by molar-refractivity contribution is 5.78. The number of nitrogens with zero attached hydrogens (tertiary/aromatic N) is 3. The Labute approximate surface area is 137 Å². The summed E-state index contributed by atoms with van der Waals surface area (Å²) < 4.78 is 6.11. The number of rotatable bonds is 7.